The van der Waals surface area contributed by atoms with E-state index in [1.165, 1.54) is 35.2 Å². The van der Waals surface area contributed by atoms with E-state index < -0.39 is 0 Å². The second kappa shape index (κ2) is 11.1. The van der Waals surface area contributed by atoms with Crippen molar-refractivity contribution in [2.24, 2.45) is 0 Å². The van der Waals surface area contributed by atoms with E-state index in [1.54, 1.807) is 0 Å². The Labute approximate surface area is 249 Å². The van der Waals surface area contributed by atoms with Crippen molar-refractivity contribution in [3.63, 3.8) is 0 Å². The molecular formula is C38H44N2O2+2. The SMILES string of the molecule is CCCCc1cc[n+]2c(c1)-c1ccccc1C(C)(CC)C2(CC)CCC[n+]1cccc2c(=O)oc3cccc(C)c3c21. The van der Waals surface area contributed by atoms with Gasteiger partial charge in [-0.3, -0.25) is 0 Å². The van der Waals surface area contributed by atoms with Gasteiger partial charge in [0, 0.05) is 37.5 Å². The van der Waals surface area contributed by atoms with Crippen molar-refractivity contribution >= 4 is 21.9 Å². The Bertz CT molecular complexity index is 1840. The lowest BCUT2D eigenvalue weighted by atomic mass is 9.58. The number of rotatable bonds is 9. The molecule has 4 nitrogen and oxygen atoms in total. The largest absolute Gasteiger partial charge is 0.422 e. The second-order valence-corrected chi connectivity index (χ2v) is 12.4. The number of aromatic nitrogens is 2. The minimum absolute atomic E-state index is 0.0191. The monoisotopic (exact) mass is 560 g/mol. The van der Waals surface area contributed by atoms with Gasteiger partial charge < -0.3 is 4.42 Å². The number of aryl methyl sites for hydroxylation is 3. The standard InChI is InChI=1S/C38H44N2O2/c1-6-9-16-28-21-25-40-32(26-28)29-17-10-11-19-31(29)37(5,7-2)38(40,8-3)22-14-24-39-23-13-18-30-35(39)34-27(4)15-12-20-33(34)42-36(30)41/h10-13,15,17-21,23,25-26H,6-9,14,16,22,24H2,1-5H3/q+2. The highest BCUT2D eigenvalue weighted by Crippen LogP contribution is 2.51. The molecule has 1 aliphatic heterocycles. The van der Waals surface area contributed by atoms with Crippen molar-refractivity contribution in [3.05, 3.63) is 106 Å². The van der Waals surface area contributed by atoms with Crippen LogP contribution in [0.5, 0.6) is 0 Å². The number of fused-ring (bicyclic) bond motifs is 6. The van der Waals surface area contributed by atoms with Gasteiger partial charge in [0.1, 0.15) is 17.5 Å². The highest BCUT2D eigenvalue weighted by molar-refractivity contribution is 6.01. The zero-order valence-corrected chi connectivity index (χ0v) is 25.9. The fraction of sp³-hybridized carbons (Fsp3) is 0.395. The van der Waals surface area contributed by atoms with E-state index in [-0.39, 0.29) is 16.6 Å². The maximum Gasteiger partial charge on any atom is 0.350 e. The molecule has 42 heavy (non-hydrogen) atoms. The molecule has 0 N–H and O–H groups in total. The van der Waals surface area contributed by atoms with Crippen LogP contribution >= 0.6 is 0 Å². The molecule has 0 aliphatic carbocycles. The first-order chi connectivity index (χ1) is 20.4. The van der Waals surface area contributed by atoms with Crippen LogP contribution in [0.15, 0.2) is 88.3 Å². The van der Waals surface area contributed by atoms with Gasteiger partial charge in [0.25, 0.3) is 0 Å². The molecule has 0 amide bonds. The van der Waals surface area contributed by atoms with Gasteiger partial charge in [0.05, 0.1) is 16.4 Å². The number of pyridine rings is 2. The van der Waals surface area contributed by atoms with Gasteiger partial charge >= 0.3 is 5.63 Å². The quantitative estimate of drug-likeness (QED) is 0.104. The number of benzene rings is 2. The van der Waals surface area contributed by atoms with Crippen molar-refractivity contribution < 1.29 is 13.6 Å². The lowest BCUT2D eigenvalue weighted by Crippen LogP contribution is -2.69. The molecule has 216 valence electrons. The second-order valence-electron chi connectivity index (χ2n) is 12.4. The van der Waals surface area contributed by atoms with Crippen LogP contribution in [0.4, 0.5) is 0 Å². The maximum absolute atomic E-state index is 13.0. The first-order valence-electron chi connectivity index (χ1n) is 15.9. The van der Waals surface area contributed by atoms with Crippen molar-refractivity contribution in [2.45, 2.75) is 97.1 Å². The number of unbranched alkanes of at least 4 members (excludes halogenated alkanes) is 1. The van der Waals surface area contributed by atoms with Gasteiger partial charge in [0.2, 0.25) is 11.2 Å². The predicted molar refractivity (Wildman–Crippen MR) is 171 cm³/mol. The van der Waals surface area contributed by atoms with Crippen molar-refractivity contribution in [1.29, 1.82) is 0 Å². The average Bonchev–Trinajstić information content (AvgIpc) is 3.02. The molecule has 1 aliphatic rings. The molecule has 0 saturated carbocycles. The number of hydrogen-bond acceptors (Lipinski definition) is 2. The van der Waals surface area contributed by atoms with Gasteiger partial charge in [-0.15, -0.1) is 0 Å². The normalized spacial score (nSPS) is 19.6. The molecule has 0 saturated heterocycles. The Balaban J connectivity index is 1.45. The molecular weight excluding hydrogens is 516 g/mol. The van der Waals surface area contributed by atoms with Crippen LogP contribution in [0, 0.1) is 6.92 Å². The van der Waals surface area contributed by atoms with Gasteiger partial charge in [0.15, 0.2) is 17.9 Å². The molecule has 4 heteroatoms. The zero-order valence-electron chi connectivity index (χ0n) is 25.9. The van der Waals surface area contributed by atoms with E-state index in [0.29, 0.717) is 11.0 Å². The Morgan fingerprint density at radius 3 is 2.50 bits per heavy atom. The lowest BCUT2D eigenvalue weighted by Gasteiger charge is -2.48. The third-order valence-electron chi connectivity index (χ3n) is 10.4. The van der Waals surface area contributed by atoms with Crippen LogP contribution in [0.2, 0.25) is 0 Å². The lowest BCUT2D eigenvalue weighted by molar-refractivity contribution is -0.771. The van der Waals surface area contributed by atoms with E-state index in [4.69, 9.17) is 4.42 Å². The molecule has 0 fully saturated rings. The summed E-state index contributed by atoms with van der Waals surface area (Å²) in [5.41, 5.74) is 8.02. The van der Waals surface area contributed by atoms with Crippen LogP contribution in [-0.2, 0) is 23.9 Å². The van der Waals surface area contributed by atoms with E-state index in [2.05, 4.69) is 98.6 Å². The Kier molecular flexibility index (Phi) is 7.51. The molecule has 5 aromatic rings. The van der Waals surface area contributed by atoms with Crippen molar-refractivity contribution in [3.8, 4) is 11.3 Å². The van der Waals surface area contributed by atoms with Crippen molar-refractivity contribution in [1.82, 2.24) is 0 Å². The summed E-state index contributed by atoms with van der Waals surface area (Å²) >= 11 is 0. The Hall–Kier alpha value is -3.79. The molecule has 2 atom stereocenters. The van der Waals surface area contributed by atoms with Gasteiger partial charge in [-0.05, 0) is 68.0 Å². The smallest absolute Gasteiger partial charge is 0.350 e. The average molecular weight is 561 g/mol. The topological polar surface area (TPSA) is 38.0 Å². The highest BCUT2D eigenvalue weighted by Gasteiger charge is 2.58. The minimum atomic E-state index is -0.270. The predicted octanol–water partition coefficient (Wildman–Crippen LogP) is 8.11. The fourth-order valence-electron chi connectivity index (χ4n) is 7.93. The first kappa shape index (κ1) is 28.3. The van der Waals surface area contributed by atoms with Gasteiger partial charge in [-0.25, -0.2) is 4.79 Å². The summed E-state index contributed by atoms with van der Waals surface area (Å²) in [6, 6.07) is 23.8. The van der Waals surface area contributed by atoms with E-state index in [1.807, 2.05) is 24.3 Å². The Morgan fingerprint density at radius 2 is 1.71 bits per heavy atom. The summed E-state index contributed by atoms with van der Waals surface area (Å²) in [4.78, 5) is 13.0. The van der Waals surface area contributed by atoms with E-state index >= 15 is 0 Å². The van der Waals surface area contributed by atoms with Crippen LogP contribution < -0.4 is 14.8 Å². The Morgan fingerprint density at radius 1 is 0.881 bits per heavy atom. The molecule has 2 aromatic carbocycles. The summed E-state index contributed by atoms with van der Waals surface area (Å²) in [6.45, 7) is 12.4. The summed E-state index contributed by atoms with van der Waals surface area (Å²) in [6.07, 6.45) is 12.2. The van der Waals surface area contributed by atoms with Crippen LogP contribution in [-0.4, -0.2) is 0 Å². The maximum atomic E-state index is 13.0. The third-order valence-corrected chi connectivity index (χ3v) is 10.4. The molecule has 2 unspecified atom stereocenters. The minimum Gasteiger partial charge on any atom is -0.422 e. The van der Waals surface area contributed by atoms with Crippen LogP contribution in [0.1, 0.15) is 82.9 Å². The number of hydrogen-bond donors (Lipinski definition) is 0. The first-order valence-corrected chi connectivity index (χ1v) is 15.9. The zero-order chi connectivity index (χ0) is 29.5. The van der Waals surface area contributed by atoms with Gasteiger partial charge in [-0.1, -0.05) is 57.5 Å². The summed E-state index contributed by atoms with van der Waals surface area (Å²) in [5.74, 6) is 0. The summed E-state index contributed by atoms with van der Waals surface area (Å²) in [7, 11) is 0. The van der Waals surface area contributed by atoms with Crippen molar-refractivity contribution in [2.75, 3.05) is 0 Å². The molecule has 6 rings (SSSR count). The summed E-state index contributed by atoms with van der Waals surface area (Å²) < 4.78 is 10.6. The molecule has 0 bridgehead atoms. The molecule has 3 aromatic heterocycles. The van der Waals surface area contributed by atoms with Crippen LogP contribution in [0.3, 0.4) is 0 Å². The third kappa shape index (κ3) is 4.30. The fourth-order valence-corrected chi connectivity index (χ4v) is 7.93. The highest BCUT2D eigenvalue weighted by atomic mass is 16.4. The van der Waals surface area contributed by atoms with E-state index in [9.17, 15) is 4.79 Å². The van der Waals surface area contributed by atoms with E-state index in [0.717, 1.165) is 55.1 Å². The molecule has 0 spiro atoms. The molecule has 0 radical (unpaired) electrons. The van der Waals surface area contributed by atoms with Crippen LogP contribution in [0.25, 0.3) is 33.1 Å². The molecule has 4 heterocycles. The number of nitrogens with zero attached hydrogens (tertiary/aromatic N) is 2. The summed E-state index contributed by atoms with van der Waals surface area (Å²) in [5, 5.41) is 1.68. The van der Waals surface area contributed by atoms with Gasteiger partial charge in [-0.2, -0.15) is 9.13 Å².